The number of halogens is 2. The molecule has 2 nitrogen and oxygen atoms in total. The van der Waals surface area contributed by atoms with Crippen molar-refractivity contribution in [3.05, 3.63) is 69.4 Å². The predicted molar refractivity (Wildman–Crippen MR) is 74.4 cm³/mol. The number of nitrogens with two attached hydrogens (primary N) is 1. The van der Waals surface area contributed by atoms with Gasteiger partial charge in [0.15, 0.2) is 0 Å². The van der Waals surface area contributed by atoms with E-state index in [2.05, 4.69) is 21.4 Å². The van der Waals surface area contributed by atoms with Crippen LogP contribution in [0.25, 0.3) is 0 Å². The van der Waals surface area contributed by atoms with Crippen molar-refractivity contribution in [2.24, 2.45) is 5.84 Å². The molecule has 0 aliphatic rings. The monoisotopic (exact) mass is 308 g/mol. The van der Waals surface area contributed by atoms with E-state index in [1.807, 2.05) is 25.1 Å². The van der Waals surface area contributed by atoms with E-state index < -0.39 is 0 Å². The minimum absolute atomic E-state index is 0.166. The van der Waals surface area contributed by atoms with E-state index in [1.165, 1.54) is 17.7 Å². The van der Waals surface area contributed by atoms with E-state index in [9.17, 15) is 4.39 Å². The Balaban J connectivity index is 2.41. The Morgan fingerprint density at radius 2 is 1.83 bits per heavy atom. The van der Waals surface area contributed by atoms with Crippen LogP contribution in [0.1, 0.15) is 22.7 Å². The molecule has 3 N–H and O–H groups in total. The summed E-state index contributed by atoms with van der Waals surface area (Å²) in [5.41, 5.74) is 5.87. The molecule has 0 bridgehead atoms. The van der Waals surface area contributed by atoms with E-state index in [0.717, 1.165) is 15.6 Å². The van der Waals surface area contributed by atoms with Gasteiger partial charge in [0.1, 0.15) is 5.82 Å². The zero-order valence-corrected chi connectivity index (χ0v) is 11.5. The Kier molecular flexibility index (Phi) is 4.11. The zero-order chi connectivity index (χ0) is 13.1. The minimum atomic E-state index is -0.252. The molecular weight excluding hydrogens is 295 g/mol. The first kappa shape index (κ1) is 13.2. The van der Waals surface area contributed by atoms with Gasteiger partial charge in [0.05, 0.1) is 6.04 Å². The molecule has 2 rings (SSSR count). The highest BCUT2D eigenvalue weighted by Gasteiger charge is 2.15. The lowest BCUT2D eigenvalue weighted by Crippen LogP contribution is -2.29. The molecule has 0 fully saturated rings. The summed E-state index contributed by atoms with van der Waals surface area (Å²) in [5.74, 6) is 5.36. The summed E-state index contributed by atoms with van der Waals surface area (Å²) in [5, 5.41) is 0. The topological polar surface area (TPSA) is 38.0 Å². The molecule has 0 heterocycles. The average Bonchev–Trinajstić information content (AvgIpc) is 2.35. The van der Waals surface area contributed by atoms with Crippen molar-refractivity contribution < 1.29 is 4.39 Å². The molecule has 0 aliphatic heterocycles. The minimum Gasteiger partial charge on any atom is -0.271 e. The van der Waals surface area contributed by atoms with Crippen LogP contribution in [0, 0.1) is 12.7 Å². The van der Waals surface area contributed by atoms with E-state index in [0.29, 0.717) is 0 Å². The summed E-state index contributed by atoms with van der Waals surface area (Å²) >= 11 is 3.53. The standard InChI is InChI=1S/C14H14BrFN2/c1-9-2-7-12(13(15)8-9)14(18-17)10-3-5-11(16)6-4-10/h2-8,14,18H,17H2,1H3. The van der Waals surface area contributed by atoms with Crippen LogP contribution in [0.5, 0.6) is 0 Å². The predicted octanol–water partition coefficient (Wildman–Crippen LogP) is 3.45. The van der Waals surface area contributed by atoms with E-state index >= 15 is 0 Å². The molecule has 0 aromatic heterocycles. The second-order valence-corrected chi connectivity index (χ2v) is 5.03. The van der Waals surface area contributed by atoms with Gasteiger partial charge in [0.2, 0.25) is 0 Å². The molecule has 1 atom stereocenters. The van der Waals surface area contributed by atoms with Gasteiger partial charge >= 0.3 is 0 Å². The zero-order valence-electron chi connectivity index (χ0n) is 9.95. The highest BCUT2D eigenvalue weighted by atomic mass is 79.9. The fourth-order valence-electron chi connectivity index (χ4n) is 1.89. The van der Waals surface area contributed by atoms with Gasteiger partial charge in [-0.2, -0.15) is 0 Å². The first-order chi connectivity index (χ1) is 8.61. The molecule has 4 heteroatoms. The number of hydrogen-bond donors (Lipinski definition) is 2. The maximum atomic E-state index is 12.9. The Hall–Kier alpha value is -1.23. The fourth-order valence-corrected chi connectivity index (χ4v) is 2.61. The van der Waals surface area contributed by atoms with Crippen LogP contribution in [0.2, 0.25) is 0 Å². The quantitative estimate of drug-likeness (QED) is 0.673. The van der Waals surface area contributed by atoms with Crippen molar-refractivity contribution in [2.45, 2.75) is 13.0 Å². The van der Waals surface area contributed by atoms with Gasteiger partial charge in [-0.05, 0) is 41.8 Å². The van der Waals surface area contributed by atoms with Crippen LogP contribution in [0.15, 0.2) is 46.9 Å². The second kappa shape index (κ2) is 5.61. The number of aryl methyl sites for hydroxylation is 1. The van der Waals surface area contributed by atoms with Crippen molar-refractivity contribution >= 4 is 15.9 Å². The molecule has 0 amide bonds. The van der Waals surface area contributed by atoms with Crippen molar-refractivity contribution in [2.75, 3.05) is 0 Å². The van der Waals surface area contributed by atoms with Crippen molar-refractivity contribution in [1.82, 2.24) is 5.43 Å². The summed E-state index contributed by atoms with van der Waals surface area (Å²) in [6, 6.07) is 12.2. The second-order valence-electron chi connectivity index (χ2n) is 4.18. The maximum Gasteiger partial charge on any atom is 0.123 e. The molecule has 0 spiro atoms. The lowest BCUT2D eigenvalue weighted by Gasteiger charge is -2.18. The number of hydrogen-bond acceptors (Lipinski definition) is 2. The lowest BCUT2D eigenvalue weighted by atomic mass is 9.98. The SMILES string of the molecule is Cc1ccc(C(NN)c2ccc(F)cc2)c(Br)c1. The Bertz CT molecular complexity index is 540. The van der Waals surface area contributed by atoms with Crippen LogP contribution in [-0.2, 0) is 0 Å². The van der Waals surface area contributed by atoms with Crippen LogP contribution >= 0.6 is 15.9 Å². The molecule has 94 valence electrons. The molecule has 18 heavy (non-hydrogen) atoms. The third kappa shape index (κ3) is 2.77. The maximum absolute atomic E-state index is 12.9. The molecule has 1 unspecified atom stereocenters. The Morgan fingerprint density at radius 3 is 2.39 bits per heavy atom. The number of hydrazine groups is 1. The fraction of sp³-hybridized carbons (Fsp3) is 0.143. The molecule has 0 aliphatic carbocycles. The molecular formula is C14H14BrFN2. The lowest BCUT2D eigenvalue weighted by molar-refractivity contribution is 0.614. The first-order valence-electron chi connectivity index (χ1n) is 5.59. The van der Waals surface area contributed by atoms with E-state index in [1.54, 1.807) is 12.1 Å². The molecule has 2 aromatic rings. The van der Waals surface area contributed by atoms with Crippen molar-refractivity contribution in [3.8, 4) is 0 Å². The van der Waals surface area contributed by atoms with Crippen LogP contribution in [-0.4, -0.2) is 0 Å². The van der Waals surface area contributed by atoms with Crippen molar-refractivity contribution in [1.29, 1.82) is 0 Å². The number of benzene rings is 2. The third-order valence-corrected chi connectivity index (χ3v) is 3.52. The average molecular weight is 309 g/mol. The summed E-state index contributed by atoms with van der Waals surface area (Å²) in [6.45, 7) is 2.03. The highest BCUT2D eigenvalue weighted by Crippen LogP contribution is 2.28. The molecule has 0 saturated carbocycles. The van der Waals surface area contributed by atoms with Gasteiger partial charge in [-0.1, -0.05) is 40.2 Å². The first-order valence-corrected chi connectivity index (χ1v) is 6.39. The number of nitrogens with one attached hydrogen (secondary N) is 1. The summed E-state index contributed by atoms with van der Waals surface area (Å²) in [6.07, 6.45) is 0. The van der Waals surface area contributed by atoms with Gasteiger partial charge in [0.25, 0.3) is 0 Å². The van der Waals surface area contributed by atoms with E-state index in [4.69, 9.17) is 5.84 Å². The summed E-state index contributed by atoms with van der Waals surface area (Å²) in [4.78, 5) is 0. The highest BCUT2D eigenvalue weighted by molar-refractivity contribution is 9.10. The third-order valence-electron chi connectivity index (χ3n) is 2.84. The molecule has 0 radical (unpaired) electrons. The van der Waals surface area contributed by atoms with Gasteiger partial charge in [-0.3, -0.25) is 5.84 Å². The molecule has 2 aromatic carbocycles. The van der Waals surface area contributed by atoms with Crippen LogP contribution in [0.3, 0.4) is 0 Å². The van der Waals surface area contributed by atoms with Crippen LogP contribution < -0.4 is 11.3 Å². The van der Waals surface area contributed by atoms with Gasteiger partial charge in [0, 0.05) is 4.47 Å². The van der Waals surface area contributed by atoms with Gasteiger partial charge < -0.3 is 0 Å². The normalized spacial score (nSPS) is 12.4. The van der Waals surface area contributed by atoms with E-state index in [-0.39, 0.29) is 11.9 Å². The van der Waals surface area contributed by atoms with Crippen LogP contribution in [0.4, 0.5) is 4.39 Å². The largest absolute Gasteiger partial charge is 0.271 e. The summed E-state index contributed by atoms with van der Waals surface area (Å²) < 4.78 is 13.9. The number of rotatable bonds is 3. The Morgan fingerprint density at radius 1 is 1.17 bits per heavy atom. The summed E-state index contributed by atoms with van der Waals surface area (Å²) in [7, 11) is 0. The van der Waals surface area contributed by atoms with Gasteiger partial charge in [-0.25, -0.2) is 9.82 Å². The Labute approximate surface area is 114 Å². The molecule has 0 saturated heterocycles. The van der Waals surface area contributed by atoms with Crippen molar-refractivity contribution in [3.63, 3.8) is 0 Å². The van der Waals surface area contributed by atoms with Gasteiger partial charge in [-0.15, -0.1) is 0 Å². The smallest absolute Gasteiger partial charge is 0.123 e.